The zero-order valence-electron chi connectivity index (χ0n) is 19.2. The van der Waals surface area contributed by atoms with Crippen LogP contribution in [-0.2, 0) is 11.3 Å². The number of carbonyl (C=O) groups is 1. The summed E-state index contributed by atoms with van der Waals surface area (Å²) < 4.78 is 8.70. The molecule has 0 saturated heterocycles. The van der Waals surface area contributed by atoms with Crippen LogP contribution in [0.5, 0.6) is 0 Å². The number of pyridine rings is 1. The standard InChI is InChI=1S/C24H34N4O3/c1-5-7-12-26(13-8-6-2)24(30)20-17-19-22(27(20)15-10-16-31-4)25-21-18(3)11-9-14-28(21)23(19)29/h9,11,14,17H,5-8,10,12-13,15-16H2,1-4H3. The molecule has 0 saturated carbocycles. The first-order valence-corrected chi connectivity index (χ1v) is 11.3. The Labute approximate surface area is 183 Å². The van der Waals surface area contributed by atoms with Crippen LogP contribution in [0.3, 0.4) is 0 Å². The number of aromatic nitrogens is 3. The van der Waals surface area contributed by atoms with Crippen LogP contribution in [0.25, 0.3) is 16.7 Å². The third-order valence-corrected chi connectivity index (χ3v) is 5.69. The highest BCUT2D eigenvalue weighted by molar-refractivity contribution is 5.98. The first kappa shape index (κ1) is 23.0. The van der Waals surface area contributed by atoms with Crippen molar-refractivity contribution < 1.29 is 9.53 Å². The van der Waals surface area contributed by atoms with Crippen LogP contribution in [0.15, 0.2) is 29.2 Å². The van der Waals surface area contributed by atoms with Crippen molar-refractivity contribution >= 4 is 22.6 Å². The van der Waals surface area contributed by atoms with E-state index in [0.717, 1.165) is 50.8 Å². The molecule has 3 aromatic rings. The number of aryl methyl sites for hydroxylation is 2. The van der Waals surface area contributed by atoms with Gasteiger partial charge in [0.1, 0.15) is 17.0 Å². The predicted molar refractivity (Wildman–Crippen MR) is 124 cm³/mol. The average Bonchev–Trinajstić information content (AvgIpc) is 3.13. The zero-order valence-corrected chi connectivity index (χ0v) is 19.2. The minimum atomic E-state index is -0.142. The Kier molecular flexibility index (Phi) is 7.85. The Morgan fingerprint density at radius 2 is 1.84 bits per heavy atom. The Morgan fingerprint density at radius 1 is 1.13 bits per heavy atom. The van der Waals surface area contributed by atoms with Gasteiger partial charge in [-0.1, -0.05) is 32.8 Å². The van der Waals surface area contributed by atoms with E-state index in [-0.39, 0.29) is 11.5 Å². The quantitative estimate of drug-likeness (QED) is 0.434. The number of hydrogen-bond donors (Lipinski definition) is 0. The van der Waals surface area contributed by atoms with Crippen LogP contribution in [0.1, 0.15) is 62.0 Å². The number of fused-ring (bicyclic) bond motifs is 2. The Balaban J connectivity index is 2.16. The minimum Gasteiger partial charge on any atom is -0.385 e. The monoisotopic (exact) mass is 426 g/mol. The lowest BCUT2D eigenvalue weighted by molar-refractivity contribution is 0.0739. The first-order valence-electron chi connectivity index (χ1n) is 11.3. The fraction of sp³-hybridized carbons (Fsp3) is 0.542. The van der Waals surface area contributed by atoms with Crippen LogP contribution in [-0.4, -0.2) is 51.6 Å². The van der Waals surface area contributed by atoms with Crippen LogP contribution in [0.2, 0.25) is 0 Å². The van der Waals surface area contributed by atoms with Gasteiger partial charge in [0.05, 0.1) is 5.39 Å². The molecule has 0 spiro atoms. The molecule has 3 heterocycles. The summed E-state index contributed by atoms with van der Waals surface area (Å²) >= 11 is 0. The number of ether oxygens (including phenoxy) is 1. The zero-order chi connectivity index (χ0) is 22.4. The second-order valence-electron chi connectivity index (χ2n) is 8.07. The molecule has 0 radical (unpaired) electrons. The lowest BCUT2D eigenvalue weighted by Crippen LogP contribution is -2.34. The fourth-order valence-electron chi connectivity index (χ4n) is 3.91. The van der Waals surface area contributed by atoms with Gasteiger partial charge in [0.2, 0.25) is 0 Å². The molecule has 0 bridgehead atoms. The number of amides is 1. The number of hydrogen-bond acceptors (Lipinski definition) is 4. The van der Waals surface area contributed by atoms with Crippen LogP contribution in [0, 0.1) is 6.92 Å². The minimum absolute atomic E-state index is 0.0255. The average molecular weight is 427 g/mol. The van der Waals surface area contributed by atoms with E-state index in [1.807, 2.05) is 28.5 Å². The lowest BCUT2D eigenvalue weighted by atomic mass is 10.2. The molecule has 0 aromatic carbocycles. The van der Waals surface area contributed by atoms with Gasteiger partial charge in [-0.25, -0.2) is 4.98 Å². The van der Waals surface area contributed by atoms with Crippen LogP contribution in [0.4, 0.5) is 0 Å². The third-order valence-electron chi connectivity index (χ3n) is 5.69. The maximum absolute atomic E-state index is 13.6. The number of unbranched alkanes of at least 4 members (excludes halogenated alkanes) is 2. The molecule has 0 N–H and O–H groups in total. The molecule has 7 nitrogen and oxygen atoms in total. The number of methoxy groups -OCH3 is 1. The van der Waals surface area contributed by atoms with Crippen molar-refractivity contribution in [1.29, 1.82) is 0 Å². The molecule has 7 heteroatoms. The summed E-state index contributed by atoms with van der Waals surface area (Å²) in [6, 6.07) is 5.52. The van der Waals surface area contributed by atoms with E-state index in [1.165, 1.54) is 0 Å². The fourth-order valence-corrected chi connectivity index (χ4v) is 3.91. The summed E-state index contributed by atoms with van der Waals surface area (Å²) in [7, 11) is 1.67. The van der Waals surface area contributed by atoms with Crippen LogP contribution < -0.4 is 5.56 Å². The van der Waals surface area contributed by atoms with Crippen molar-refractivity contribution in [1.82, 2.24) is 18.9 Å². The van der Waals surface area contributed by atoms with Gasteiger partial charge in [0.15, 0.2) is 0 Å². The Hall–Kier alpha value is -2.67. The molecule has 31 heavy (non-hydrogen) atoms. The van der Waals surface area contributed by atoms with Crippen molar-refractivity contribution in [3.8, 4) is 0 Å². The summed E-state index contributed by atoms with van der Waals surface area (Å²) in [6.07, 6.45) is 6.45. The van der Waals surface area contributed by atoms with Gasteiger partial charge in [-0.3, -0.25) is 14.0 Å². The summed E-state index contributed by atoms with van der Waals surface area (Å²) in [5, 5.41) is 0.481. The first-order chi connectivity index (χ1) is 15.0. The molecule has 1 amide bonds. The molecule has 0 aliphatic heterocycles. The number of carbonyl (C=O) groups excluding carboxylic acids is 1. The topological polar surface area (TPSA) is 68.8 Å². The van der Waals surface area contributed by atoms with Gasteiger partial charge in [-0.05, 0) is 43.9 Å². The van der Waals surface area contributed by atoms with E-state index in [0.29, 0.717) is 35.5 Å². The lowest BCUT2D eigenvalue weighted by Gasteiger charge is -2.23. The van der Waals surface area contributed by atoms with Gasteiger partial charge in [-0.2, -0.15) is 0 Å². The smallest absolute Gasteiger partial charge is 0.270 e. The normalized spacial score (nSPS) is 11.5. The molecule has 0 unspecified atom stereocenters. The largest absolute Gasteiger partial charge is 0.385 e. The van der Waals surface area contributed by atoms with Gasteiger partial charge in [0.25, 0.3) is 11.5 Å². The molecular weight excluding hydrogens is 392 g/mol. The van der Waals surface area contributed by atoms with Crippen molar-refractivity contribution in [3.63, 3.8) is 0 Å². The second-order valence-corrected chi connectivity index (χ2v) is 8.07. The van der Waals surface area contributed by atoms with Crippen LogP contribution >= 0.6 is 0 Å². The van der Waals surface area contributed by atoms with Gasteiger partial charge in [-0.15, -0.1) is 0 Å². The van der Waals surface area contributed by atoms with E-state index >= 15 is 0 Å². The summed E-state index contributed by atoms with van der Waals surface area (Å²) in [5.74, 6) is -0.0255. The summed E-state index contributed by atoms with van der Waals surface area (Å²) in [5.41, 5.74) is 2.52. The molecule has 168 valence electrons. The second kappa shape index (κ2) is 10.6. The highest BCUT2D eigenvalue weighted by atomic mass is 16.5. The number of nitrogens with zero attached hydrogens (tertiary/aromatic N) is 4. The highest BCUT2D eigenvalue weighted by Crippen LogP contribution is 2.20. The van der Waals surface area contributed by atoms with E-state index < -0.39 is 0 Å². The molecular formula is C24H34N4O3. The van der Waals surface area contributed by atoms with Crippen molar-refractivity contribution in [3.05, 3.63) is 46.0 Å². The van der Waals surface area contributed by atoms with E-state index in [1.54, 1.807) is 23.8 Å². The highest BCUT2D eigenvalue weighted by Gasteiger charge is 2.23. The van der Waals surface area contributed by atoms with Gasteiger partial charge in [0, 0.05) is 39.5 Å². The molecule has 3 aromatic heterocycles. The molecule has 3 rings (SSSR count). The van der Waals surface area contributed by atoms with Crippen molar-refractivity contribution in [2.75, 3.05) is 26.8 Å². The maximum Gasteiger partial charge on any atom is 0.270 e. The Bertz CT molecular complexity index is 1090. The van der Waals surface area contributed by atoms with Crippen molar-refractivity contribution in [2.45, 2.75) is 59.4 Å². The predicted octanol–water partition coefficient (Wildman–Crippen LogP) is 4.04. The van der Waals surface area contributed by atoms with Gasteiger partial charge >= 0.3 is 0 Å². The van der Waals surface area contributed by atoms with E-state index in [4.69, 9.17) is 9.72 Å². The molecule has 0 atom stereocenters. The maximum atomic E-state index is 13.6. The molecule has 0 aliphatic rings. The number of rotatable bonds is 11. The van der Waals surface area contributed by atoms with Gasteiger partial charge < -0.3 is 14.2 Å². The van der Waals surface area contributed by atoms with Crippen molar-refractivity contribution in [2.24, 2.45) is 0 Å². The SMILES string of the molecule is CCCCN(CCCC)C(=O)c1cc2c(=O)n3cccc(C)c3nc2n1CCCOC. The molecule has 0 aliphatic carbocycles. The molecule has 0 fully saturated rings. The third kappa shape index (κ3) is 4.82. The Morgan fingerprint density at radius 3 is 2.48 bits per heavy atom. The summed E-state index contributed by atoms with van der Waals surface area (Å²) in [6.45, 7) is 8.79. The summed E-state index contributed by atoms with van der Waals surface area (Å²) in [4.78, 5) is 33.6. The van der Waals surface area contributed by atoms with E-state index in [9.17, 15) is 9.59 Å². The van der Waals surface area contributed by atoms with E-state index in [2.05, 4.69) is 13.8 Å².